The van der Waals surface area contributed by atoms with Crippen LogP contribution in [-0.2, 0) is 9.98 Å². The summed E-state index contributed by atoms with van der Waals surface area (Å²) in [5.74, 6) is 0. The van der Waals surface area contributed by atoms with Crippen LogP contribution in [0, 0.1) is 0 Å². The number of rotatable bonds is 4. The Kier molecular flexibility index (Phi) is 6.89. The van der Waals surface area contributed by atoms with Gasteiger partial charge in [-0.05, 0) is 100 Å². The highest BCUT2D eigenvalue weighted by molar-refractivity contribution is 7.85. The summed E-state index contributed by atoms with van der Waals surface area (Å²) in [6.07, 6.45) is 0. The van der Waals surface area contributed by atoms with Gasteiger partial charge in [-0.2, -0.15) is 0 Å². The highest BCUT2D eigenvalue weighted by Crippen LogP contribution is 2.64. The zero-order chi connectivity index (χ0) is 37.7. The number of fused-ring (bicyclic) bond motifs is 16. The first-order chi connectivity index (χ1) is 28.2. The highest BCUT2D eigenvalue weighted by Gasteiger charge is 2.52. The number of hydrogen-bond acceptors (Lipinski definition) is 1. The maximum Gasteiger partial charge on any atom is 0.171 e. The lowest BCUT2D eigenvalue weighted by Crippen LogP contribution is -2.25. The minimum Gasteiger partial charge on any atom is -0.309 e. The molecule has 2 heteroatoms. The molecule has 1 nitrogen and oxygen atoms in total. The fraction of sp³-hybridized carbons (Fsp3) is 0.0182. The molecule has 0 bridgehead atoms. The van der Waals surface area contributed by atoms with Crippen molar-refractivity contribution in [1.29, 1.82) is 0 Å². The minimum atomic E-state index is -3.11. The van der Waals surface area contributed by atoms with Crippen molar-refractivity contribution < 1.29 is 4.57 Å². The summed E-state index contributed by atoms with van der Waals surface area (Å²) in [7, 11) is -3.11. The van der Waals surface area contributed by atoms with Gasteiger partial charge in [-0.3, -0.25) is 0 Å². The molecule has 2 aliphatic carbocycles. The summed E-state index contributed by atoms with van der Waals surface area (Å²) in [6.45, 7) is 0. The summed E-state index contributed by atoms with van der Waals surface area (Å²) >= 11 is 0. The molecule has 0 heterocycles. The van der Waals surface area contributed by atoms with Crippen LogP contribution in [0.4, 0.5) is 0 Å². The minimum absolute atomic E-state index is 0.495. The molecule has 0 N–H and O–H groups in total. The topological polar surface area (TPSA) is 17.1 Å². The lowest BCUT2D eigenvalue weighted by molar-refractivity contribution is 0.592. The third-order valence-electron chi connectivity index (χ3n) is 12.8. The van der Waals surface area contributed by atoms with Crippen LogP contribution in [0.2, 0.25) is 0 Å². The van der Waals surface area contributed by atoms with E-state index in [-0.39, 0.29) is 0 Å². The lowest BCUT2D eigenvalue weighted by Gasteiger charge is -2.31. The van der Waals surface area contributed by atoms with E-state index in [1.54, 1.807) is 0 Å². The van der Waals surface area contributed by atoms with Crippen LogP contribution < -0.4 is 15.9 Å². The monoisotopic (exact) mass is 742 g/mol. The van der Waals surface area contributed by atoms with Gasteiger partial charge in [0.2, 0.25) is 0 Å². The third-order valence-corrected chi connectivity index (χ3v) is 15.8. The molecule has 0 saturated heterocycles. The van der Waals surface area contributed by atoms with Crippen molar-refractivity contribution in [3.05, 3.63) is 235 Å². The first kappa shape index (κ1) is 32.5. The van der Waals surface area contributed by atoms with Crippen LogP contribution in [0.5, 0.6) is 0 Å². The molecule has 10 aromatic rings. The second-order valence-electron chi connectivity index (χ2n) is 15.4. The van der Waals surface area contributed by atoms with Crippen LogP contribution in [0.3, 0.4) is 0 Å². The molecular formula is C55H35OP. The maximum atomic E-state index is 15.3. The Balaban J connectivity index is 1.11. The molecule has 0 radical (unpaired) electrons. The van der Waals surface area contributed by atoms with Gasteiger partial charge in [0.25, 0.3) is 0 Å². The van der Waals surface area contributed by atoms with Crippen molar-refractivity contribution in [2.75, 3.05) is 0 Å². The summed E-state index contributed by atoms with van der Waals surface area (Å²) in [5.41, 5.74) is 12.2. The van der Waals surface area contributed by atoms with E-state index in [0.29, 0.717) is 0 Å². The average Bonchev–Trinajstić information content (AvgIpc) is 3.76. The normalized spacial score (nSPS) is 15.2. The standard InChI is InChI=1S/C55H35OP/c56-57(37-16-3-1-4-17-37,38-18-5-2-6-19-38)39-32-30-36(31-33-39)40-26-15-29-52-54(40)46-25-12-14-28-51(46)55(52)50-27-13-11-24-45(50)49-34-47-43-22-9-7-20-41(43)42-21-8-10-23-44(42)48(47)35-53(49)55/h1-35H/t55-/m0/s1. The summed E-state index contributed by atoms with van der Waals surface area (Å²) < 4.78 is 15.3. The predicted molar refractivity (Wildman–Crippen MR) is 240 cm³/mol. The molecule has 0 fully saturated rings. The van der Waals surface area contributed by atoms with Gasteiger partial charge in [0.05, 0.1) is 5.41 Å². The second-order valence-corrected chi connectivity index (χ2v) is 18.2. The molecule has 12 rings (SSSR count). The molecule has 266 valence electrons. The Morgan fingerprint density at radius 3 is 1.35 bits per heavy atom. The summed E-state index contributed by atoms with van der Waals surface area (Å²) in [4.78, 5) is 0. The van der Waals surface area contributed by atoms with Gasteiger partial charge in [-0.1, -0.05) is 200 Å². The van der Waals surface area contributed by atoms with Gasteiger partial charge in [-0.15, -0.1) is 0 Å². The Labute approximate surface area is 331 Å². The van der Waals surface area contributed by atoms with Crippen molar-refractivity contribution in [2.45, 2.75) is 5.41 Å². The van der Waals surface area contributed by atoms with E-state index < -0.39 is 12.6 Å². The Hall–Kier alpha value is -6.79. The Morgan fingerprint density at radius 2 is 0.737 bits per heavy atom. The van der Waals surface area contributed by atoms with E-state index >= 15 is 4.57 Å². The molecule has 2 aliphatic rings. The third kappa shape index (κ3) is 4.33. The fourth-order valence-corrected chi connectivity index (χ4v) is 13.0. The maximum absolute atomic E-state index is 15.3. The molecule has 0 aliphatic heterocycles. The summed E-state index contributed by atoms with van der Waals surface area (Å²) in [6, 6.07) is 76.1. The molecular weight excluding hydrogens is 708 g/mol. The van der Waals surface area contributed by atoms with E-state index in [4.69, 9.17) is 0 Å². The average molecular weight is 743 g/mol. The Morgan fingerprint density at radius 1 is 0.298 bits per heavy atom. The van der Waals surface area contributed by atoms with Crippen LogP contribution in [0.1, 0.15) is 22.3 Å². The first-order valence-electron chi connectivity index (χ1n) is 19.7. The first-order valence-corrected chi connectivity index (χ1v) is 21.4. The quantitative estimate of drug-likeness (QED) is 0.130. The van der Waals surface area contributed by atoms with Crippen LogP contribution in [0.15, 0.2) is 212 Å². The van der Waals surface area contributed by atoms with Gasteiger partial charge in [0.15, 0.2) is 7.14 Å². The second kappa shape index (κ2) is 12.1. The van der Waals surface area contributed by atoms with E-state index in [0.717, 1.165) is 21.5 Å². The fourth-order valence-electron chi connectivity index (χ4n) is 10.4. The van der Waals surface area contributed by atoms with E-state index in [9.17, 15) is 0 Å². The summed E-state index contributed by atoms with van der Waals surface area (Å²) in [5, 5.41) is 10.2. The van der Waals surface area contributed by atoms with Crippen molar-refractivity contribution in [3.8, 4) is 33.4 Å². The molecule has 1 atom stereocenters. The van der Waals surface area contributed by atoms with Crippen molar-refractivity contribution in [1.82, 2.24) is 0 Å². The molecule has 0 saturated carbocycles. The van der Waals surface area contributed by atoms with Gasteiger partial charge >= 0.3 is 0 Å². The van der Waals surface area contributed by atoms with E-state index in [1.165, 1.54) is 82.4 Å². The SMILES string of the molecule is O=P(c1ccccc1)(c1ccccc1)c1ccc(-c2cccc3c2-c2ccccc2[C@@]32c3ccccc3-c3cc4c5ccccc5c5ccccc5c4cc32)cc1. The molecule has 0 unspecified atom stereocenters. The zero-order valence-electron chi connectivity index (χ0n) is 31.1. The van der Waals surface area contributed by atoms with Gasteiger partial charge in [0.1, 0.15) is 0 Å². The largest absolute Gasteiger partial charge is 0.309 e. The van der Waals surface area contributed by atoms with Crippen molar-refractivity contribution in [3.63, 3.8) is 0 Å². The van der Waals surface area contributed by atoms with E-state index in [1.807, 2.05) is 60.7 Å². The van der Waals surface area contributed by atoms with Gasteiger partial charge in [0, 0.05) is 15.9 Å². The van der Waals surface area contributed by atoms with Crippen LogP contribution >= 0.6 is 7.14 Å². The van der Waals surface area contributed by atoms with Crippen molar-refractivity contribution >= 4 is 55.4 Å². The molecule has 0 aromatic heterocycles. The molecule has 1 spiro atoms. The molecule has 57 heavy (non-hydrogen) atoms. The number of hydrogen-bond donors (Lipinski definition) is 0. The molecule has 10 aromatic carbocycles. The number of benzene rings is 10. The van der Waals surface area contributed by atoms with E-state index in [2.05, 4.69) is 152 Å². The predicted octanol–water partition coefficient (Wildman–Crippen LogP) is 12.8. The van der Waals surface area contributed by atoms with Gasteiger partial charge in [-0.25, -0.2) is 0 Å². The smallest absolute Gasteiger partial charge is 0.171 e. The van der Waals surface area contributed by atoms with Gasteiger partial charge < -0.3 is 4.57 Å². The lowest BCUT2D eigenvalue weighted by atomic mass is 9.70. The van der Waals surface area contributed by atoms with Crippen LogP contribution in [-0.4, -0.2) is 0 Å². The zero-order valence-corrected chi connectivity index (χ0v) is 32.0. The van der Waals surface area contributed by atoms with Crippen molar-refractivity contribution in [2.24, 2.45) is 0 Å². The highest BCUT2D eigenvalue weighted by atomic mass is 31.2. The van der Waals surface area contributed by atoms with Crippen LogP contribution in [0.25, 0.3) is 65.7 Å². The molecule has 0 amide bonds. The Bertz CT molecular complexity index is 3270.